The van der Waals surface area contributed by atoms with E-state index in [0.29, 0.717) is 28.8 Å². The summed E-state index contributed by atoms with van der Waals surface area (Å²) in [5.74, 6) is -2.51. The van der Waals surface area contributed by atoms with Crippen molar-refractivity contribution in [2.24, 2.45) is 0 Å². The molecule has 1 amide bonds. The van der Waals surface area contributed by atoms with Crippen molar-refractivity contribution in [1.29, 1.82) is 0 Å². The summed E-state index contributed by atoms with van der Waals surface area (Å²) in [7, 11) is 0. The molecule has 1 aliphatic carbocycles. The normalized spacial score (nSPS) is 14.0. The van der Waals surface area contributed by atoms with E-state index in [9.17, 15) is 13.6 Å². The maximum atomic E-state index is 12.7. The fourth-order valence-electron chi connectivity index (χ4n) is 2.38. The molecule has 0 unspecified atom stereocenters. The van der Waals surface area contributed by atoms with Crippen LogP contribution in [-0.2, 0) is 6.54 Å². The van der Waals surface area contributed by atoms with Crippen LogP contribution in [0.25, 0.3) is 0 Å². The molecule has 23 heavy (non-hydrogen) atoms. The minimum absolute atomic E-state index is 0.0575. The third-order valence-electron chi connectivity index (χ3n) is 3.68. The van der Waals surface area contributed by atoms with Gasteiger partial charge in [-0.1, -0.05) is 11.8 Å². The van der Waals surface area contributed by atoms with Crippen molar-refractivity contribution in [2.75, 3.05) is 0 Å². The molecule has 0 bridgehead atoms. The van der Waals surface area contributed by atoms with E-state index >= 15 is 0 Å². The van der Waals surface area contributed by atoms with Crippen LogP contribution < -0.4 is 0 Å². The molecule has 1 fully saturated rings. The number of thioether (sulfide) groups is 1. The first-order chi connectivity index (χ1) is 11.1. The smallest absolute Gasteiger partial charge is 0.288 e. The largest absolute Gasteiger partial charge is 0.331 e. The molecular formula is C17H16F2N2OS. The van der Waals surface area contributed by atoms with Gasteiger partial charge in [0.05, 0.1) is 0 Å². The Kier molecular flexibility index (Phi) is 4.91. The van der Waals surface area contributed by atoms with Gasteiger partial charge in [-0.25, -0.2) is 0 Å². The number of benzene rings is 1. The van der Waals surface area contributed by atoms with Gasteiger partial charge in [-0.2, -0.15) is 8.78 Å². The summed E-state index contributed by atoms with van der Waals surface area (Å²) in [6, 6.07) is 10.4. The van der Waals surface area contributed by atoms with Crippen LogP contribution >= 0.6 is 11.8 Å². The quantitative estimate of drug-likeness (QED) is 0.742. The Morgan fingerprint density at radius 1 is 1.17 bits per heavy atom. The van der Waals surface area contributed by atoms with Crippen LogP contribution in [0.2, 0.25) is 0 Å². The number of hydrogen-bond acceptors (Lipinski definition) is 3. The average Bonchev–Trinajstić information content (AvgIpc) is 3.38. The molecule has 3 rings (SSSR count). The van der Waals surface area contributed by atoms with Crippen LogP contribution in [0.4, 0.5) is 8.78 Å². The van der Waals surface area contributed by atoms with Gasteiger partial charge in [-0.3, -0.25) is 9.78 Å². The summed E-state index contributed by atoms with van der Waals surface area (Å²) < 4.78 is 24.7. The molecule has 120 valence electrons. The van der Waals surface area contributed by atoms with E-state index < -0.39 is 5.76 Å². The minimum atomic E-state index is -2.45. The average molecular weight is 334 g/mol. The molecule has 1 aliphatic rings. The van der Waals surface area contributed by atoms with Gasteiger partial charge in [-0.05, 0) is 54.8 Å². The number of aromatic nitrogens is 1. The maximum Gasteiger partial charge on any atom is 0.288 e. The van der Waals surface area contributed by atoms with Crippen molar-refractivity contribution in [3.63, 3.8) is 0 Å². The summed E-state index contributed by atoms with van der Waals surface area (Å²) in [5, 5.41) is 0. The lowest BCUT2D eigenvalue weighted by molar-refractivity contribution is 0.0730. The molecule has 0 aliphatic heterocycles. The highest BCUT2D eigenvalue weighted by Gasteiger charge is 2.33. The first-order valence-electron chi connectivity index (χ1n) is 7.38. The van der Waals surface area contributed by atoms with Crippen molar-refractivity contribution in [1.82, 2.24) is 9.88 Å². The van der Waals surface area contributed by atoms with E-state index in [4.69, 9.17) is 0 Å². The van der Waals surface area contributed by atoms with Crippen LogP contribution in [0.3, 0.4) is 0 Å². The van der Waals surface area contributed by atoms with E-state index in [1.54, 1.807) is 36.7 Å². The SMILES string of the molecule is O=C(c1ccc(SC(F)F)cc1)N(Cc1ccncc1)C1CC1. The summed E-state index contributed by atoms with van der Waals surface area (Å²) in [6.45, 7) is 0.541. The van der Waals surface area contributed by atoms with Gasteiger partial charge in [0.1, 0.15) is 0 Å². The summed E-state index contributed by atoms with van der Waals surface area (Å²) in [5.41, 5.74) is 1.56. The maximum absolute atomic E-state index is 12.7. The fraction of sp³-hybridized carbons (Fsp3) is 0.294. The number of rotatable bonds is 6. The Bertz CT molecular complexity index is 660. The standard InChI is InChI=1S/C17H16F2N2OS/c18-17(19)23-15-5-1-13(2-6-15)16(22)21(14-3-4-14)11-12-7-9-20-10-8-12/h1-2,5-10,14,17H,3-4,11H2. The van der Waals surface area contributed by atoms with E-state index in [1.165, 1.54) is 0 Å². The van der Waals surface area contributed by atoms with Crippen LogP contribution in [0.15, 0.2) is 53.7 Å². The third-order valence-corrected chi connectivity index (χ3v) is 4.40. The van der Waals surface area contributed by atoms with Crippen molar-refractivity contribution in [2.45, 2.75) is 36.1 Å². The topological polar surface area (TPSA) is 33.2 Å². The Balaban J connectivity index is 1.73. The molecule has 0 saturated heterocycles. The van der Waals surface area contributed by atoms with Gasteiger partial charge in [0.25, 0.3) is 11.7 Å². The number of carbonyl (C=O) groups is 1. The van der Waals surface area contributed by atoms with E-state index in [0.717, 1.165) is 18.4 Å². The number of amides is 1. The highest BCUT2D eigenvalue weighted by Crippen LogP contribution is 2.30. The van der Waals surface area contributed by atoms with E-state index in [2.05, 4.69) is 4.98 Å². The lowest BCUT2D eigenvalue weighted by Crippen LogP contribution is -2.32. The highest BCUT2D eigenvalue weighted by atomic mass is 32.2. The second-order valence-corrected chi connectivity index (χ2v) is 6.49. The Hall–Kier alpha value is -1.95. The van der Waals surface area contributed by atoms with Gasteiger partial charge in [-0.15, -0.1) is 0 Å². The molecule has 0 atom stereocenters. The Labute approximate surface area is 137 Å². The lowest BCUT2D eigenvalue weighted by Gasteiger charge is -2.22. The lowest BCUT2D eigenvalue weighted by atomic mass is 10.1. The fourth-order valence-corrected chi connectivity index (χ4v) is 2.88. The zero-order valence-corrected chi connectivity index (χ0v) is 13.2. The summed E-state index contributed by atoms with van der Waals surface area (Å²) in [6.07, 6.45) is 5.44. The zero-order valence-electron chi connectivity index (χ0n) is 12.4. The van der Waals surface area contributed by atoms with Crippen molar-refractivity contribution in [3.8, 4) is 0 Å². The Morgan fingerprint density at radius 3 is 2.39 bits per heavy atom. The number of carbonyl (C=O) groups excluding carboxylic acids is 1. The second kappa shape index (κ2) is 7.08. The molecule has 0 spiro atoms. The molecule has 1 heterocycles. The van der Waals surface area contributed by atoms with Crippen molar-refractivity contribution < 1.29 is 13.6 Å². The highest BCUT2D eigenvalue weighted by molar-refractivity contribution is 7.99. The number of halogens is 2. The molecule has 2 aromatic rings. The van der Waals surface area contributed by atoms with Crippen LogP contribution in [0, 0.1) is 0 Å². The first kappa shape index (κ1) is 15.9. The molecule has 6 heteroatoms. The van der Waals surface area contributed by atoms with Gasteiger partial charge >= 0.3 is 0 Å². The Morgan fingerprint density at radius 2 is 1.83 bits per heavy atom. The predicted molar refractivity (Wildman–Crippen MR) is 85.4 cm³/mol. The number of alkyl halides is 2. The number of pyridine rings is 1. The predicted octanol–water partition coefficient (Wildman–Crippen LogP) is 4.20. The monoisotopic (exact) mass is 334 g/mol. The summed E-state index contributed by atoms with van der Waals surface area (Å²) in [4.78, 5) is 19.0. The molecule has 0 radical (unpaired) electrons. The van der Waals surface area contributed by atoms with E-state index in [1.807, 2.05) is 17.0 Å². The van der Waals surface area contributed by atoms with Gasteiger partial charge in [0.2, 0.25) is 0 Å². The van der Waals surface area contributed by atoms with Gasteiger partial charge < -0.3 is 4.90 Å². The van der Waals surface area contributed by atoms with E-state index in [-0.39, 0.29) is 11.9 Å². The second-order valence-electron chi connectivity index (χ2n) is 5.42. The minimum Gasteiger partial charge on any atom is -0.331 e. The summed E-state index contributed by atoms with van der Waals surface area (Å²) >= 11 is 0.483. The number of hydrogen-bond donors (Lipinski definition) is 0. The van der Waals surface area contributed by atoms with Crippen LogP contribution in [0.1, 0.15) is 28.8 Å². The van der Waals surface area contributed by atoms with Crippen LogP contribution in [-0.4, -0.2) is 27.6 Å². The van der Waals surface area contributed by atoms with Crippen LogP contribution in [0.5, 0.6) is 0 Å². The molecule has 1 aromatic heterocycles. The van der Waals surface area contributed by atoms with Gasteiger partial charge in [0, 0.05) is 35.4 Å². The third kappa shape index (κ3) is 4.28. The molecule has 0 N–H and O–H groups in total. The molecule has 3 nitrogen and oxygen atoms in total. The van der Waals surface area contributed by atoms with Crippen molar-refractivity contribution in [3.05, 3.63) is 59.9 Å². The van der Waals surface area contributed by atoms with Crippen molar-refractivity contribution >= 4 is 17.7 Å². The zero-order chi connectivity index (χ0) is 16.2. The molecular weight excluding hydrogens is 318 g/mol. The van der Waals surface area contributed by atoms with Gasteiger partial charge in [0.15, 0.2) is 0 Å². The molecule has 1 aromatic carbocycles. The molecule has 1 saturated carbocycles. The number of nitrogens with zero attached hydrogens (tertiary/aromatic N) is 2. The first-order valence-corrected chi connectivity index (χ1v) is 8.26.